The van der Waals surface area contributed by atoms with Crippen molar-refractivity contribution >= 4 is 0 Å². The molecule has 0 aliphatic rings. The predicted molar refractivity (Wildman–Crippen MR) is 143 cm³/mol. The lowest BCUT2D eigenvalue weighted by atomic mass is 9.78. The number of benzene rings is 2. The van der Waals surface area contributed by atoms with Gasteiger partial charge in [0.05, 0.1) is 0 Å². The van der Waals surface area contributed by atoms with Gasteiger partial charge in [0.25, 0.3) is 0 Å². The van der Waals surface area contributed by atoms with E-state index in [4.69, 9.17) is 0 Å². The number of rotatable bonds is 8. The first-order chi connectivity index (χ1) is 15.2. The van der Waals surface area contributed by atoms with Gasteiger partial charge >= 0.3 is 0 Å². The third kappa shape index (κ3) is 6.14. The van der Waals surface area contributed by atoms with Crippen molar-refractivity contribution in [3.05, 3.63) is 56.6 Å². The van der Waals surface area contributed by atoms with Crippen LogP contribution in [0.4, 0.5) is 0 Å². The molecule has 0 aliphatic heterocycles. The summed E-state index contributed by atoms with van der Waals surface area (Å²) in [5.74, 6) is 0.918. The molecule has 2 rings (SSSR count). The molecule has 0 bridgehead atoms. The minimum absolute atomic E-state index is 0.126. The van der Waals surface area contributed by atoms with Gasteiger partial charge in [-0.3, -0.25) is 0 Å². The van der Waals surface area contributed by atoms with Crippen molar-refractivity contribution in [1.82, 2.24) is 0 Å². The molecule has 2 N–H and O–H groups in total. The quantitative estimate of drug-likeness (QED) is 0.421. The van der Waals surface area contributed by atoms with Gasteiger partial charge in [0.15, 0.2) is 0 Å². The highest BCUT2D eigenvalue weighted by molar-refractivity contribution is 5.56. The zero-order chi connectivity index (χ0) is 25.1. The van der Waals surface area contributed by atoms with Crippen molar-refractivity contribution in [2.75, 3.05) is 0 Å². The Morgan fingerprint density at radius 1 is 0.636 bits per heavy atom. The average Bonchev–Trinajstić information content (AvgIpc) is 2.70. The number of phenols is 2. The van der Waals surface area contributed by atoms with Crippen molar-refractivity contribution in [2.45, 2.75) is 125 Å². The van der Waals surface area contributed by atoms with E-state index in [1.54, 1.807) is 0 Å². The Morgan fingerprint density at radius 3 is 1.24 bits per heavy atom. The first kappa shape index (κ1) is 27.3. The van der Waals surface area contributed by atoms with Gasteiger partial charge in [-0.25, -0.2) is 0 Å². The van der Waals surface area contributed by atoms with Gasteiger partial charge in [0, 0.05) is 0 Å². The summed E-state index contributed by atoms with van der Waals surface area (Å²) in [7, 11) is 0. The molecule has 0 unspecified atom stereocenters. The summed E-state index contributed by atoms with van der Waals surface area (Å²) < 4.78 is 0. The SMILES string of the molecule is CCCCc1c(Cc2cc(C(C)(C)C)c(O)c(C)c2CCCC)cc(C(C)(C)C)c(O)c1C. The van der Waals surface area contributed by atoms with E-state index in [9.17, 15) is 10.2 Å². The maximum atomic E-state index is 11.1. The standard InChI is InChI=1S/C31H48O2/c1-11-13-15-24-20(3)28(32)26(30(5,6)7)18-22(24)17-23-19-27(31(8,9)10)29(33)21(4)25(23)16-14-12-2/h18-19,32-33H,11-17H2,1-10H3. The summed E-state index contributed by atoms with van der Waals surface area (Å²) in [5, 5.41) is 22.1. The van der Waals surface area contributed by atoms with E-state index in [1.807, 2.05) is 0 Å². The molecule has 0 amide bonds. The highest BCUT2D eigenvalue weighted by atomic mass is 16.3. The fourth-order valence-corrected chi connectivity index (χ4v) is 4.90. The van der Waals surface area contributed by atoms with Gasteiger partial charge in [-0.2, -0.15) is 0 Å². The minimum Gasteiger partial charge on any atom is -0.507 e. The lowest BCUT2D eigenvalue weighted by Gasteiger charge is -2.27. The van der Waals surface area contributed by atoms with Gasteiger partial charge in [-0.05, 0) is 101 Å². The molecule has 0 aromatic heterocycles. The van der Waals surface area contributed by atoms with E-state index in [-0.39, 0.29) is 10.8 Å². The molecule has 0 fully saturated rings. The van der Waals surface area contributed by atoms with Crippen molar-refractivity contribution in [2.24, 2.45) is 0 Å². The van der Waals surface area contributed by atoms with Crippen LogP contribution in [0.15, 0.2) is 12.1 Å². The molecule has 2 heteroatoms. The molecule has 0 saturated heterocycles. The molecule has 184 valence electrons. The van der Waals surface area contributed by atoms with Crippen LogP contribution >= 0.6 is 0 Å². The van der Waals surface area contributed by atoms with E-state index in [0.29, 0.717) is 11.5 Å². The number of phenolic OH excluding ortho intramolecular Hbond substituents is 2. The summed E-state index contributed by atoms with van der Waals surface area (Å²) in [5.41, 5.74) is 9.11. The normalized spacial score (nSPS) is 12.4. The Labute approximate surface area is 203 Å². The fraction of sp³-hybridized carbons (Fsp3) is 0.613. The maximum Gasteiger partial charge on any atom is 0.122 e. The molecule has 2 nitrogen and oxygen atoms in total. The van der Waals surface area contributed by atoms with Crippen molar-refractivity contribution < 1.29 is 10.2 Å². The monoisotopic (exact) mass is 452 g/mol. The lowest BCUT2D eigenvalue weighted by Crippen LogP contribution is -2.16. The van der Waals surface area contributed by atoms with Crippen LogP contribution in [-0.2, 0) is 30.1 Å². The highest BCUT2D eigenvalue weighted by Crippen LogP contribution is 2.41. The Bertz CT molecular complexity index is 889. The summed E-state index contributed by atoms with van der Waals surface area (Å²) in [6, 6.07) is 4.52. The number of unbranched alkanes of at least 4 members (excludes halogenated alkanes) is 2. The first-order valence-corrected chi connectivity index (χ1v) is 12.9. The van der Waals surface area contributed by atoms with E-state index >= 15 is 0 Å². The molecular weight excluding hydrogens is 404 g/mol. The second kappa shape index (κ2) is 10.5. The Hall–Kier alpha value is -1.96. The zero-order valence-electron chi connectivity index (χ0n) is 23.0. The molecule has 0 spiro atoms. The van der Waals surface area contributed by atoms with Crippen LogP contribution in [0.5, 0.6) is 11.5 Å². The molecule has 0 aliphatic carbocycles. The second-order valence-corrected chi connectivity index (χ2v) is 12.0. The largest absolute Gasteiger partial charge is 0.507 e. The van der Waals surface area contributed by atoms with E-state index < -0.39 is 0 Å². The molecule has 2 aromatic carbocycles. The Balaban J connectivity index is 2.78. The molecule has 2 aromatic rings. The fourth-order valence-electron chi connectivity index (χ4n) is 4.90. The molecule has 0 heterocycles. The van der Waals surface area contributed by atoms with E-state index in [2.05, 4.69) is 81.4 Å². The number of hydrogen-bond donors (Lipinski definition) is 2. The van der Waals surface area contributed by atoms with Gasteiger partial charge in [0.1, 0.15) is 11.5 Å². The van der Waals surface area contributed by atoms with Crippen LogP contribution in [0.25, 0.3) is 0 Å². The Morgan fingerprint density at radius 2 is 0.970 bits per heavy atom. The van der Waals surface area contributed by atoms with E-state index in [0.717, 1.165) is 67.2 Å². The third-order valence-corrected chi connectivity index (χ3v) is 7.10. The lowest BCUT2D eigenvalue weighted by molar-refractivity contribution is 0.441. The summed E-state index contributed by atoms with van der Waals surface area (Å²) in [6.45, 7) is 21.6. The Kier molecular flexibility index (Phi) is 8.71. The predicted octanol–water partition coefficient (Wildman–Crippen LogP) is 8.59. The van der Waals surface area contributed by atoms with Crippen LogP contribution in [0.2, 0.25) is 0 Å². The third-order valence-electron chi connectivity index (χ3n) is 7.10. The van der Waals surface area contributed by atoms with Crippen LogP contribution in [0, 0.1) is 13.8 Å². The minimum atomic E-state index is -0.126. The molecule has 33 heavy (non-hydrogen) atoms. The van der Waals surface area contributed by atoms with Crippen LogP contribution in [0.3, 0.4) is 0 Å². The number of hydrogen-bond acceptors (Lipinski definition) is 2. The van der Waals surface area contributed by atoms with Crippen molar-refractivity contribution in [3.8, 4) is 11.5 Å². The van der Waals surface area contributed by atoms with Crippen LogP contribution in [-0.4, -0.2) is 10.2 Å². The van der Waals surface area contributed by atoms with E-state index in [1.165, 1.54) is 22.3 Å². The average molecular weight is 453 g/mol. The van der Waals surface area contributed by atoms with Crippen molar-refractivity contribution in [1.29, 1.82) is 0 Å². The van der Waals surface area contributed by atoms with Gasteiger partial charge in [-0.1, -0.05) is 80.4 Å². The van der Waals surface area contributed by atoms with Gasteiger partial charge in [-0.15, -0.1) is 0 Å². The molecule has 0 atom stereocenters. The van der Waals surface area contributed by atoms with Gasteiger partial charge in [0.2, 0.25) is 0 Å². The summed E-state index contributed by atoms with van der Waals surface area (Å²) >= 11 is 0. The smallest absolute Gasteiger partial charge is 0.122 e. The molecule has 0 radical (unpaired) electrons. The van der Waals surface area contributed by atoms with Crippen LogP contribution < -0.4 is 0 Å². The zero-order valence-corrected chi connectivity index (χ0v) is 23.0. The molecular formula is C31H48O2. The number of aromatic hydroxyl groups is 2. The second-order valence-electron chi connectivity index (χ2n) is 12.0. The maximum absolute atomic E-state index is 11.1. The van der Waals surface area contributed by atoms with Crippen molar-refractivity contribution in [3.63, 3.8) is 0 Å². The van der Waals surface area contributed by atoms with Gasteiger partial charge < -0.3 is 10.2 Å². The highest BCUT2D eigenvalue weighted by Gasteiger charge is 2.26. The summed E-state index contributed by atoms with van der Waals surface area (Å²) in [4.78, 5) is 0. The topological polar surface area (TPSA) is 40.5 Å². The molecule has 0 saturated carbocycles. The summed E-state index contributed by atoms with van der Waals surface area (Å²) in [6.07, 6.45) is 7.32. The first-order valence-electron chi connectivity index (χ1n) is 12.9. The van der Waals surface area contributed by atoms with Crippen LogP contribution in [0.1, 0.15) is 126 Å².